The number of carboxylic acids is 1. The highest BCUT2D eigenvalue weighted by atomic mass is 16.5. The van der Waals surface area contributed by atoms with Gasteiger partial charge in [0.05, 0.1) is 0 Å². The van der Waals surface area contributed by atoms with Crippen molar-refractivity contribution >= 4 is 17.7 Å². The number of aryl methyl sites for hydroxylation is 1. The lowest BCUT2D eigenvalue weighted by Crippen LogP contribution is -2.30. The van der Waals surface area contributed by atoms with Crippen LogP contribution in [0.2, 0.25) is 0 Å². The quantitative estimate of drug-likeness (QED) is 0.896. The average Bonchev–Trinajstić information content (AvgIpc) is 3.02. The summed E-state index contributed by atoms with van der Waals surface area (Å²) in [6.07, 6.45) is 0.124. The zero-order valence-corrected chi connectivity index (χ0v) is 12.8. The highest BCUT2D eigenvalue weighted by Crippen LogP contribution is 2.24. The van der Waals surface area contributed by atoms with Gasteiger partial charge in [0.2, 0.25) is 0 Å². The van der Waals surface area contributed by atoms with Gasteiger partial charge in [-0.1, -0.05) is 30.3 Å². The predicted molar refractivity (Wildman–Crippen MR) is 85.9 cm³/mol. The van der Waals surface area contributed by atoms with E-state index in [2.05, 4.69) is 5.32 Å². The number of hydrogen-bond acceptors (Lipinski definition) is 4. The topological polar surface area (TPSA) is 97.6 Å². The Morgan fingerprint density at radius 2 is 1.96 bits per heavy atom. The fourth-order valence-corrected chi connectivity index (χ4v) is 2.75. The van der Waals surface area contributed by atoms with Crippen molar-refractivity contribution in [2.45, 2.75) is 25.5 Å². The van der Waals surface area contributed by atoms with Gasteiger partial charge in [-0.25, -0.2) is 9.59 Å². The van der Waals surface area contributed by atoms with E-state index in [1.165, 1.54) is 10.6 Å². The third kappa shape index (κ3) is 3.15. The van der Waals surface area contributed by atoms with Gasteiger partial charge in [-0.15, -0.1) is 0 Å². The lowest BCUT2D eigenvalue weighted by Gasteiger charge is -2.12. The molecule has 0 spiro atoms. The largest absolute Gasteiger partial charge is 0.480 e. The zero-order chi connectivity index (χ0) is 17.1. The molecule has 2 N–H and O–H groups in total. The first-order chi connectivity index (χ1) is 11.6. The van der Waals surface area contributed by atoms with Crippen molar-refractivity contribution in [1.82, 2.24) is 4.57 Å². The number of anilines is 1. The fraction of sp³-hybridized carbons (Fsp3) is 0.235. The summed E-state index contributed by atoms with van der Waals surface area (Å²) >= 11 is 0. The van der Waals surface area contributed by atoms with Gasteiger partial charge in [-0.05, 0) is 30.5 Å². The summed E-state index contributed by atoms with van der Waals surface area (Å²) in [6, 6.07) is 11.4. The molecule has 1 aliphatic rings. The number of ether oxygens (including phenoxy) is 1. The molecule has 7 heteroatoms. The van der Waals surface area contributed by atoms with Gasteiger partial charge < -0.3 is 9.84 Å². The summed E-state index contributed by atoms with van der Waals surface area (Å²) in [5.74, 6) is -1.06. The first-order valence-electron chi connectivity index (χ1n) is 7.51. The number of rotatable bonds is 4. The number of carbonyl (C=O) groups excluding carboxylic acids is 1. The molecule has 1 atom stereocenters. The number of carbonyl (C=O) groups is 2. The second-order valence-corrected chi connectivity index (χ2v) is 5.49. The van der Waals surface area contributed by atoms with Crippen LogP contribution in [0.1, 0.15) is 23.7 Å². The Bertz CT molecular complexity index is 829. The van der Waals surface area contributed by atoms with Crippen molar-refractivity contribution in [3.8, 4) is 0 Å². The Balaban J connectivity index is 1.72. The maximum Gasteiger partial charge on any atom is 0.412 e. The molecule has 0 saturated carbocycles. The van der Waals surface area contributed by atoms with Gasteiger partial charge in [-0.2, -0.15) is 0 Å². The first kappa shape index (κ1) is 15.8. The molecule has 0 saturated heterocycles. The number of aromatic nitrogens is 1. The molecule has 2 aromatic rings. The molecule has 3 rings (SSSR count). The smallest absolute Gasteiger partial charge is 0.412 e. The molecule has 124 valence electrons. The predicted octanol–water partition coefficient (Wildman–Crippen LogP) is 2.17. The third-order valence-electron chi connectivity index (χ3n) is 3.92. The normalized spacial score (nSPS) is 15.6. The molecule has 0 bridgehead atoms. The van der Waals surface area contributed by atoms with Crippen molar-refractivity contribution < 1.29 is 19.4 Å². The van der Waals surface area contributed by atoms with Crippen molar-refractivity contribution in [3.63, 3.8) is 0 Å². The van der Waals surface area contributed by atoms with Crippen LogP contribution in [0.15, 0.2) is 47.3 Å². The molecule has 1 unspecified atom stereocenters. The van der Waals surface area contributed by atoms with Crippen LogP contribution in [0, 0.1) is 0 Å². The minimum atomic E-state index is -1.06. The lowest BCUT2D eigenvalue weighted by atomic mass is 10.2. The molecule has 1 amide bonds. The van der Waals surface area contributed by atoms with E-state index in [9.17, 15) is 19.5 Å². The first-order valence-corrected chi connectivity index (χ1v) is 7.51. The molecular weight excluding hydrogens is 312 g/mol. The van der Waals surface area contributed by atoms with E-state index < -0.39 is 23.7 Å². The Morgan fingerprint density at radius 1 is 1.21 bits per heavy atom. The summed E-state index contributed by atoms with van der Waals surface area (Å²) in [5, 5.41) is 11.6. The van der Waals surface area contributed by atoms with Gasteiger partial charge in [0, 0.05) is 5.69 Å². The number of hydrogen-bond donors (Lipinski definition) is 2. The van der Waals surface area contributed by atoms with Crippen LogP contribution in [0.5, 0.6) is 0 Å². The lowest BCUT2D eigenvalue weighted by molar-refractivity contribution is -0.140. The minimum Gasteiger partial charge on any atom is -0.480 e. The van der Waals surface area contributed by atoms with Gasteiger partial charge in [0.1, 0.15) is 18.3 Å². The molecular formula is C17H16N2O5. The Labute approximate surface area is 137 Å². The number of carboxylic acid groups (broad SMARTS) is 1. The van der Waals surface area contributed by atoms with Crippen LogP contribution < -0.4 is 10.9 Å². The Morgan fingerprint density at radius 3 is 2.67 bits per heavy atom. The van der Waals surface area contributed by atoms with Crippen LogP contribution in [0.4, 0.5) is 10.5 Å². The number of aliphatic carboxylic acids is 1. The van der Waals surface area contributed by atoms with Gasteiger partial charge in [0.15, 0.2) is 0 Å². The molecule has 1 aromatic carbocycles. The van der Waals surface area contributed by atoms with Gasteiger partial charge >= 0.3 is 12.1 Å². The van der Waals surface area contributed by atoms with E-state index in [-0.39, 0.29) is 12.3 Å². The number of benzene rings is 1. The van der Waals surface area contributed by atoms with Crippen LogP contribution in [0.25, 0.3) is 0 Å². The van der Waals surface area contributed by atoms with E-state index in [0.717, 1.165) is 5.56 Å². The van der Waals surface area contributed by atoms with Crippen LogP contribution in [0.3, 0.4) is 0 Å². The van der Waals surface area contributed by atoms with Gasteiger partial charge in [-0.3, -0.25) is 14.7 Å². The second kappa shape index (κ2) is 6.57. The SMILES string of the molecule is O=C(Nc1ccc2n(c1=O)C(C(=O)O)CC2)OCc1ccccc1. The molecule has 0 aliphatic carbocycles. The van der Waals surface area contributed by atoms with E-state index in [0.29, 0.717) is 18.5 Å². The average molecular weight is 328 g/mol. The van der Waals surface area contributed by atoms with Crippen molar-refractivity contribution in [3.05, 3.63) is 64.1 Å². The number of fused-ring (bicyclic) bond motifs is 1. The summed E-state index contributed by atoms with van der Waals surface area (Å²) < 4.78 is 6.28. The molecule has 0 fully saturated rings. The maximum absolute atomic E-state index is 12.4. The van der Waals surface area contributed by atoms with Crippen molar-refractivity contribution in [1.29, 1.82) is 0 Å². The van der Waals surface area contributed by atoms with E-state index in [4.69, 9.17) is 4.74 Å². The summed E-state index contributed by atoms with van der Waals surface area (Å²) in [4.78, 5) is 35.5. The molecule has 0 radical (unpaired) electrons. The highest BCUT2D eigenvalue weighted by Gasteiger charge is 2.29. The number of nitrogens with zero attached hydrogens (tertiary/aromatic N) is 1. The number of pyridine rings is 1. The minimum absolute atomic E-state index is 0.00459. The molecule has 1 aromatic heterocycles. The molecule has 2 heterocycles. The van der Waals surface area contributed by atoms with E-state index in [1.807, 2.05) is 30.3 Å². The maximum atomic E-state index is 12.4. The van der Waals surface area contributed by atoms with Gasteiger partial charge in [0.25, 0.3) is 5.56 Å². The van der Waals surface area contributed by atoms with Crippen molar-refractivity contribution in [2.75, 3.05) is 5.32 Å². The summed E-state index contributed by atoms with van der Waals surface area (Å²) in [7, 11) is 0. The monoisotopic (exact) mass is 328 g/mol. The molecule has 24 heavy (non-hydrogen) atoms. The second-order valence-electron chi connectivity index (χ2n) is 5.49. The number of nitrogens with one attached hydrogen (secondary N) is 1. The Hall–Kier alpha value is -3.09. The summed E-state index contributed by atoms with van der Waals surface area (Å²) in [6.45, 7) is 0.0801. The fourth-order valence-electron chi connectivity index (χ4n) is 2.75. The zero-order valence-electron chi connectivity index (χ0n) is 12.8. The third-order valence-corrected chi connectivity index (χ3v) is 3.92. The van der Waals surface area contributed by atoms with E-state index >= 15 is 0 Å². The van der Waals surface area contributed by atoms with Crippen LogP contribution >= 0.6 is 0 Å². The van der Waals surface area contributed by atoms with E-state index in [1.54, 1.807) is 6.07 Å². The number of amides is 1. The van der Waals surface area contributed by atoms with Crippen molar-refractivity contribution in [2.24, 2.45) is 0 Å². The van der Waals surface area contributed by atoms with Crippen LogP contribution in [-0.4, -0.2) is 21.7 Å². The highest BCUT2D eigenvalue weighted by molar-refractivity contribution is 5.84. The summed E-state index contributed by atoms with van der Waals surface area (Å²) in [5.41, 5.74) is 0.943. The molecule has 1 aliphatic heterocycles. The standard InChI is InChI=1S/C17H16N2O5/c20-15-13(8-6-12-7-9-14(16(21)22)19(12)15)18-17(23)24-10-11-4-2-1-3-5-11/h1-6,8,14H,7,9-10H2,(H,18,23)(H,21,22). The molecule has 7 nitrogen and oxygen atoms in total. The Kier molecular flexibility index (Phi) is 4.33. The van der Waals surface area contributed by atoms with Crippen LogP contribution in [-0.2, 0) is 22.6 Å².